The summed E-state index contributed by atoms with van der Waals surface area (Å²) in [5.74, 6) is 1.17. The lowest BCUT2D eigenvalue weighted by molar-refractivity contribution is -0.122. The average Bonchev–Trinajstić information content (AvgIpc) is 3.07. The molecule has 0 fully saturated rings. The molecule has 5 heteroatoms. The van der Waals surface area contributed by atoms with Crippen LogP contribution in [0.25, 0.3) is 0 Å². The van der Waals surface area contributed by atoms with E-state index >= 15 is 0 Å². The van der Waals surface area contributed by atoms with Crippen LogP contribution in [-0.4, -0.2) is 21.8 Å². The third-order valence-electron chi connectivity index (χ3n) is 4.65. The first-order valence-electron chi connectivity index (χ1n) is 9.05. The number of hydrogen-bond donors (Lipinski definition) is 1. The summed E-state index contributed by atoms with van der Waals surface area (Å²) in [6.07, 6.45) is 1.06. The van der Waals surface area contributed by atoms with Gasteiger partial charge in [0, 0.05) is 6.07 Å². The van der Waals surface area contributed by atoms with E-state index in [1.54, 1.807) is 23.9 Å². The molecule has 1 aromatic heterocycles. The van der Waals surface area contributed by atoms with Crippen LogP contribution in [0.15, 0.2) is 54.7 Å². The zero-order valence-electron chi connectivity index (χ0n) is 16.2. The molecule has 0 aliphatic heterocycles. The summed E-state index contributed by atoms with van der Waals surface area (Å²) in [6, 6.07) is 15.9. The van der Waals surface area contributed by atoms with Gasteiger partial charge in [-0.1, -0.05) is 42.0 Å². The van der Waals surface area contributed by atoms with Crippen molar-refractivity contribution in [1.82, 2.24) is 9.78 Å². The van der Waals surface area contributed by atoms with Gasteiger partial charge in [0.1, 0.15) is 11.6 Å². The van der Waals surface area contributed by atoms with Crippen molar-refractivity contribution in [3.8, 4) is 5.75 Å². The molecule has 0 bridgehead atoms. The summed E-state index contributed by atoms with van der Waals surface area (Å²) in [6.45, 7) is 8.41. The molecule has 1 amide bonds. The highest BCUT2D eigenvalue weighted by Crippen LogP contribution is 2.22. The molecule has 0 saturated heterocycles. The van der Waals surface area contributed by atoms with Crippen molar-refractivity contribution in [1.29, 1.82) is 0 Å². The Kier molecular flexibility index (Phi) is 5.60. The predicted octanol–water partition coefficient (Wildman–Crippen LogP) is 4.26. The summed E-state index contributed by atoms with van der Waals surface area (Å²) in [4.78, 5) is 12.6. The molecule has 2 aromatic carbocycles. The Morgan fingerprint density at radius 2 is 1.85 bits per heavy atom. The second-order valence-electron chi connectivity index (χ2n) is 6.81. The summed E-state index contributed by atoms with van der Waals surface area (Å²) < 4.78 is 7.64. The van der Waals surface area contributed by atoms with Crippen molar-refractivity contribution in [2.45, 2.75) is 40.3 Å². The summed E-state index contributed by atoms with van der Waals surface area (Å²) in [5.41, 5.74) is 4.52. The molecule has 5 nitrogen and oxygen atoms in total. The number of ether oxygens (including phenoxy) is 1. The van der Waals surface area contributed by atoms with Crippen LogP contribution in [0.1, 0.15) is 29.2 Å². The normalized spacial score (nSPS) is 11.9. The van der Waals surface area contributed by atoms with Crippen molar-refractivity contribution in [2.24, 2.45) is 0 Å². The SMILES string of the molecule is Cc1ccc(Cn2nccc2NC(=O)[C@H](C)Oc2cccc(C)c2C)cc1. The van der Waals surface area contributed by atoms with E-state index in [0.717, 1.165) is 22.4 Å². The van der Waals surface area contributed by atoms with Crippen molar-refractivity contribution in [3.63, 3.8) is 0 Å². The summed E-state index contributed by atoms with van der Waals surface area (Å²) in [5, 5.41) is 7.23. The van der Waals surface area contributed by atoms with E-state index in [9.17, 15) is 4.79 Å². The smallest absolute Gasteiger partial charge is 0.266 e. The fourth-order valence-corrected chi connectivity index (χ4v) is 2.75. The molecule has 0 saturated carbocycles. The largest absolute Gasteiger partial charge is 0.481 e. The van der Waals surface area contributed by atoms with Gasteiger partial charge in [0.15, 0.2) is 6.10 Å². The fraction of sp³-hybridized carbons (Fsp3) is 0.273. The maximum absolute atomic E-state index is 12.6. The molecule has 0 spiro atoms. The van der Waals surface area contributed by atoms with Gasteiger partial charge in [0.25, 0.3) is 5.91 Å². The molecule has 0 aliphatic rings. The Bertz CT molecular complexity index is 929. The van der Waals surface area contributed by atoms with Gasteiger partial charge in [-0.25, -0.2) is 4.68 Å². The maximum Gasteiger partial charge on any atom is 0.266 e. The Morgan fingerprint density at radius 3 is 2.59 bits per heavy atom. The fourth-order valence-electron chi connectivity index (χ4n) is 2.75. The van der Waals surface area contributed by atoms with Gasteiger partial charge in [-0.15, -0.1) is 0 Å². The topological polar surface area (TPSA) is 56.2 Å². The van der Waals surface area contributed by atoms with Gasteiger partial charge in [0.05, 0.1) is 12.7 Å². The average molecular weight is 363 g/mol. The number of benzene rings is 2. The third kappa shape index (κ3) is 4.56. The van der Waals surface area contributed by atoms with Gasteiger partial charge in [-0.05, 0) is 50.5 Å². The number of nitrogens with zero attached hydrogens (tertiary/aromatic N) is 2. The molecular formula is C22H25N3O2. The van der Waals surface area contributed by atoms with E-state index in [4.69, 9.17) is 4.74 Å². The molecule has 0 aliphatic carbocycles. The molecule has 140 valence electrons. The quantitative estimate of drug-likeness (QED) is 0.712. The number of anilines is 1. The Balaban J connectivity index is 1.66. The zero-order valence-corrected chi connectivity index (χ0v) is 16.2. The minimum atomic E-state index is -0.617. The predicted molar refractivity (Wildman–Crippen MR) is 107 cm³/mol. The first-order valence-corrected chi connectivity index (χ1v) is 9.05. The zero-order chi connectivity index (χ0) is 19.4. The summed E-state index contributed by atoms with van der Waals surface area (Å²) >= 11 is 0. The molecule has 3 rings (SSSR count). The van der Waals surface area contributed by atoms with Crippen molar-refractivity contribution >= 4 is 11.7 Å². The van der Waals surface area contributed by atoms with Gasteiger partial charge in [-0.3, -0.25) is 4.79 Å². The highest BCUT2D eigenvalue weighted by atomic mass is 16.5. The van der Waals surface area contributed by atoms with E-state index in [1.807, 2.05) is 32.0 Å². The molecule has 0 unspecified atom stereocenters. The maximum atomic E-state index is 12.6. The molecule has 27 heavy (non-hydrogen) atoms. The van der Waals surface area contributed by atoms with Crippen molar-refractivity contribution in [3.05, 3.63) is 77.0 Å². The number of carbonyl (C=O) groups excluding carboxylic acids is 1. The highest BCUT2D eigenvalue weighted by molar-refractivity contribution is 5.93. The second-order valence-corrected chi connectivity index (χ2v) is 6.81. The first-order chi connectivity index (χ1) is 12.9. The summed E-state index contributed by atoms with van der Waals surface area (Å²) in [7, 11) is 0. The third-order valence-corrected chi connectivity index (χ3v) is 4.65. The molecular weight excluding hydrogens is 338 g/mol. The van der Waals surface area contributed by atoms with E-state index in [-0.39, 0.29) is 5.91 Å². The first kappa shape index (κ1) is 18.7. The number of rotatable bonds is 6. The number of hydrogen-bond acceptors (Lipinski definition) is 3. The highest BCUT2D eigenvalue weighted by Gasteiger charge is 2.18. The minimum Gasteiger partial charge on any atom is -0.481 e. The van der Waals surface area contributed by atoms with Crippen LogP contribution >= 0.6 is 0 Å². The molecule has 1 N–H and O–H groups in total. The van der Waals surface area contributed by atoms with Crippen LogP contribution < -0.4 is 10.1 Å². The van der Waals surface area contributed by atoms with Gasteiger partial charge in [0.2, 0.25) is 0 Å². The van der Waals surface area contributed by atoms with Crippen LogP contribution in [0, 0.1) is 20.8 Å². The van der Waals surface area contributed by atoms with E-state index in [1.165, 1.54) is 5.56 Å². The monoisotopic (exact) mass is 363 g/mol. The van der Waals surface area contributed by atoms with Gasteiger partial charge >= 0.3 is 0 Å². The van der Waals surface area contributed by atoms with Gasteiger partial charge < -0.3 is 10.1 Å². The lowest BCUT2D eigenvalue weighted by Gasteiger charge is -2.17. The van der Waals surface area contributed by atoms with E-state index in [2.05, 4.69) is 41.6 Å². The molecule has 1 atom stereocenters. The van der Waals surface area contributed by atoms with Crippen LogP contribution in [0.4, 0.5) is 5.82 Å². The van der Waals surface area contributed by atoms with Crippen molar-refractivity contribution < 1.29 is 9.53 Å². The van der Waals surface area contributed by atoms with Crippen LogP contribution in [0.5, 0.6) is 5.75 Å². The number of carbonyl (C=O) groups is 1. The van der Waals surface area contributed by atoms with Crippen LogP contribution in [0.2, 0.25) is 0 Å². The van der Waals surface area contributed by atoms with E-state index < -0.39 is 6.10 Å². The number of aromatic nitrogens is 2. The van der Waals surface area contributed by atoms with Crippen LogP contribution in [0.3, 0.4) is 0 Å². The Hall–Kier alpha value is -3.08. The Morgan fingerprint density at radius 1 is 1.11 bits per heavy atom. The minimum absolute atomic E-state index is 0.207. The van der Waals surface area contributed by atoms with Crippen LogP contribution in [-0.2, 0) is 11.3 Å². The van der Waals surface area contributed by atoms with Crippen molar-refractivity contribution in [2.75, 3.05) is 5.32 Å². The lowest BCUT2D eigenvalue weighted by atomic mass is 10.1. The number of nitrogens with one attached hydrogen (secondary N) is 1. The Labute approximate surface area is 160 Å². The second kappa shape index (κ2) is 8.08. The standard InChI is InChI=1S/C22H25N3O2/c1-15-8-10-19(11-9-15)14-25-21(12-13-23-25)24-22(26)18(4)27-20-7-5-6-16(2)17(20)3/h5-13,18H,14H2,1-4H3,(H,24,26)/t18-/m0/s1. The van der Waals surface area contributed by atoms with E-state index in [0.29, 0.717) is 12.4 Å². The lowest BCUT2D eigenvalue weighted by Crippen LogP contribution is -2.31. The molecule has 0 radical (unpaired) electrons. The van der Waals surface area contributed by atoms with Gasteiger partial charge in [-0.2, -0.15) is 5.10 Å². The molecule has 1 heterocycles. The number of aryl methyl sites for hydroxylation is 2. The molecule has 3 aromatic rings. The number of amides is 1.